The zero-order valence-electron chi connectivity index (χ0n) is 16.4. The fourth-order valence-corrected chi connectivity index (χ4v) is 4.63. The molecule has 0 aliphatic heterocycles. The van der Waals surface area contributed by atoms with Crippen molar-refractivity contribution in [3.63, 3.8) is 0 Å². The first-order chi connectivity index (χ1) is 15.4. The quantitative estimate of drug-likeness (QED) is 0.357. The van der Waals surface area contributed by atoms with Crippen LogP contribution in [-0.2, 0) is 0 Å². The van der Waals surface area contributed by atoms with Crippen molar-refractivity contribution in [2.75, 3.05) is 5.32 Å². The van der Waals surface area contributed by atoms with Crippen LogP contribution < -0.4 is 5.32 Å². The summed E-state index contributed by atoms with van der Waals surface area (Å²) in [6.07, 6.45) is 1.81. The lowest BCUT2D eigenvalue weighted by Crippen LogP contribution is -2.01. The Bertz CT molecular complexity index is 1500. The van der Waals surface area contributed by atoms with E-state index in [0.29, 0.717) is 11.6 Å². The highest BCUT2D eigenvalue weighted by molar-refractivity contribution is 7.17. The lowest BCUT2D eigenvalue weighted by Gasteiger charge is -2.10. The number of thiophene rings is 1. The van der Waals surface area contributed by atoms with Crippen molar-refractivity contribution >= 4 is 44.1 Å². The summed E-state index contributed by atoms with van der Waals surface area (Å²) in [6.45, 7) is 0. The molecule has 6 rings (SSSR count). The van der Waals surface area contributed by atoms with Gasteiger partial charge in [0.25, 0.3) is 0 Å². The Kier molecular flexibility index (Phi) is 4.21. The van der Waals surface area contributed by atoms with Crippen molar-refractivity contribution in [1.82, 2.24) is 19.5 Å². The first-order valence-electron chi connectivity index (χ1n) is 9.96. The average molecular weight is 420 g/mol. The Balaban J connectivity index is 1.60. The molecule has 0 aliphatic rings. The monoisotopic (exact) mass is 419 g/mol. The van der Waals surface area contributed by atoms with Gasteiger partial charge in [-0.1, -0.05) is 54.6 Å². The number of benzene rings is 3. The highest BCUT2D eigenvalue weighted by atomic mass is 32.1. The van der Waals surface area contributed by atoms with Crippen molar-refractivity contribution in [2.24, 2.45) is 0 Å². The van der Waals surface area contributed by atoms with Crippen molar-refractivity contribution in [1.29, 1.82) is 0 Å². The lowest BCUT2D eigenvalue weighted by atomic mass is 10.1. The van der Waals surface area contributed by atoms with Gasteiger partial charge in [0.05, 0.1) is 0 Å². The summed E-state index contributed by atoms with van der Waals surface area (Å²) in [6, 6.07) is 28.5. The lowest BCUT2D eigenvalue weighted by molar-refractivity contribution is 1.06. The van der Waals surface area contributed by atoms with Crippen LogP contribution in [0.3, 0.4) is 0 Å². The van der Waals surface area contributed by atoms with E-state index in [4.69, 9.17) is 9.97 Å². The highest BCUT2D eigenvalue weighted by Crippen LogP contribution is 2.34. The normalized spacial score (nSPS) is 11.2. The van der Waals surface area contributed by atoms with Gasteiger partial charge in [-0.25, -0.2) is 15.0 Å². The number of aromatic nitrogens is 4. The van der Waals surface area contributed by atoms with E-state index in [1.807, 2.05) is 65.2 Å². The number of rotatable bonds is 4. The summed E-state index contributed by atoms with van der Waals surface area (Å²) in [5, 5.41) is 6.72. The van der Waals surface area contributed by atoms with Gasteiger partial charge < -0.3 is 5.32 Å². The molecule has 5 nitrogen and oxygen atoms in total. The SMILES string of the molecule is c1ccc(Nc2nc(-c3csc4ccccc34)nc3c2ncn3-c2ccccc2)cc1. The second kappa shape index (κ2) is 7.34. The van der Waals surface area contributed by atoms with Gasteiger partial charge in [0.1, 0.15) is 6.33 Å². The van der Waals surface area contributed by atoms with Gasteiger partial charge in [-0.3, -0.25) is 4.57 Å². The Labute approximate surface area is 182 Å². The number of imidazole rings is 1. The Hall–Kier alpha value is -4.03. The summed E-state index contributed by atoms with van der Waals surface area (Å²) in [4.78, 5) is 14.5. The fourth-order valence-electron chi connectivity index (χ4n) is 3.69. The van der Waals surface area contributed by atoms with E-state index >= 15 is 0 Å². The number of nitrogens with one attached hydrogen (secondary N) is 1. The van der Waals surface area contributed by atoms with Gasteiger partial charge in [0.15, 0.2) is 22.8 Å². The first-order valence-corrected chi connectivity index (χ1v) is 10.8. The number of fused-ring (bicyclic) bond motifs is 2. The number of para-hydroxylation sites is 2. The molecule has 0 fully saturated rings. The van der Waals surface area contributed by atoms with E-state index in [1.165, 1.54) is 4.70 Å². The first kappa shape index (κ1) is 17.8. The molecule has 0 saturated carbocycles. The molecule has 0 amide bonds. The second-order valence-corrected chi connectivity index (χ2v) is 8.07. The molecule has 1 N–H and O–H groups in total. The smallest absolute Gasteiger partial charge is 0.170 e. The predicted molar refractivity (Wildman–Crippen MR) is 127 cm³/mol. The van der Waals surface area contributed by atoms with E-state index in [9.17, 15) is 0 Å². The topological polar surface area (TPSA) is 55.6 Å². The van der Waals surface area contributed by atoms with Crippen molar-refractivity contribution in [3.05, 3.63) is 96.6 Å². The number of anilines is 2. The zero-order valence-corrected chi connectivity index (χ0v) is 17.3. The van der Waals surface area contributed by atoms with E-state index in [0.717, 1.165) is 33.5 Å². The fraction of sp³-hybridized carbons (Fsp3) is 0. The Morgan fingerprint density at radius 3 is 2.35 bits per heavy atom. The summed E-state index contributed by atoms with van der Waals surface area (Å²) >= 11 is 1.70. The second-order valence-electron chi connectivity index (χ2n) is 7.15. The van der Waals surface area contributed by atoms with Crippen LogP contribution >= 0.6 is 11.3 Å². The van der Waals surface area contributed by atoms with E-state index < -0.39 is 0 Å². The van der Waals surface area contributed by atoms with Gasteiger partial charge in [-0.05, 0) is 30.3 Å². The minimum Gasteiger partial charge on any atom is -0.338 e. The van der Waals surface area contributed by atoms with Crippen LogP contribution in [0.5, 0.6) is 0 Å². The molecule has 3 aromatic heterocycles. The zero-order chi connectivity index (χ0) is 20.6. The predicted octanol–water partition coefficient (Wildman–Crippen LogP) is 6.44. The molecule has 6 aromatic rings. The van der Waals surface area contributed by atoms with Crippen molar-refractivity contribution in [3.8, 4) is 17.1 Å². The summed E-state index contributed by atoms with van der Waals surface area (Å²) in [7, 11) is 0. The highest BCUT2D eigenvalue weighted by Gasteiger charge is 2.17. The molecule has 3 heterocycles. The number of hydrogen-bond donors (Lipinski definition) is 1. The molecule has 0 aliphatic carbocycles. The van der Waals surface area contributed by atoms with E-state index in [1.54, 1.807) is 17.7 Å². The van der Waals surface area contributed by atoms with Gasteiger partial charge in [-0.2, -0.15) is 0 Å². The maximum absolute atomic E-state index is 4.96. The standard InChI is InChI=1S/C25H17N5S/c1-3-9-17(10-4-1)27-24-22-25(30(16-26-22)18-11-5-2-6-12-18)29-23(28-24)20-15-31-21-14-8-7-13-19(20)21/h1-16H,(H,27,28,29). The Morgan fingerprint density at radius 1 is 0.774 bits per heavy atom. The molecule has 148 valence electrons. The third kappa shape index (κ3) is 3.14. The van der Waals surface area contributed by atoms with Crippen LogP contribution in [0.15, 0.2) is 96.6 Å². The molecule has 0 atom stereocenters. The molecular formula is C25H17N5S. The van der Waals surface area contributed by atoms with Crippen molar-refractivity contribution < 1.29 is 0 Å². The van der Waals surface area contributed by atoms with Gasteiger partial charge in [0.2, 0.25) is 0 Å². The molecule has 0 bridgehead atoms. The van der Waals surface area contributed by atoms with Gasteiger partial charge in [0, 0.05) is 32.4 Å². The number of hydrogen-bond acceptors (Lipinski definition) is 5. The molecule has 0 saturated heterocycles. The van der Waals surface area contributed by atoms with Crippen LogP contribution in [0.25, 0.3) is 38.3 Å². The maximum Gasteiger partial charge on any atom is 0.170 e. The summed E-state index contributed by atoms with van der Waals surface area (Å²) < 4.78 is 3.22. The molecule has 0 spiro atoms. The van der Waals surface area contributed by atoms with Crippen molar-refractivity contribution in [2.45, 2.75) is 0 Å². The summed E-state index contributed by atoms with van der Waals surface area (Å²) in [5.41, 5.74) is 4.49. The van der Waals surface area contributed by atoms with E-state index in [-0.39, 0.29) is 0 Å². The van der Waals surface area contributed by atoms with Crippen LogP contribution in [-0.4, -0.2) is 19.5 Å². The van der Waals surface area contributed by atoms with Crippen LogP contribution in [0.1, 0.15) is 0 Å². The minimum absolute atomic E-state index is 0.682. The van der Waals surface area contributed by atoms with Crippen LogP contribution in [0.2, 0.25) is 0 Å². The minimum atomic E-state index is 0.682. The Morgan fingerprint density at radius 2 is 1.52 bits per heavy atom. The third-order valence-electron chi connectivity index (χ3n) is 5.19. The van der Waals surface area contributed by atoms with E-state index in [2.05, 4.69) is 39.9 Å². The molecule has 0 unspecified atom stereocenters. The molecule has 6 heteroatoms. The molecule has 3 aromatic carbocycles. The summed E-state index contributed by atoms with van der Waals surface area (Å²) in [5.74, 6) is 1.37. The third-order valence-corrected chi connectivity index (χ3v) is 6.15. The van der Waals surface area contributed by atoms with Gasteiger partial charge in [-0.15, -0.1) is 11.3 Å². The molecule has 0 radical (unpaired) electrons. The average Bonchev–Trinajstić information content (AvgIpc) is 3.45. The molecular weight excluding hydrogens is 402 g/mol. The maximum atomic E-state index is 4.96. The number of nitrogens with zero attached hydrogens (tertiary/aromatic N) is 4. The van der Waals surface area contributed by atoms with Crippen LogP contribution in [0.4, 0.5) is 11.5 Å². The largest absolute Gasteiger partial charge is 0.338 e. The van der Waals surface area contributed by atoms with Gasteiger partial charge >= 0.3 is 0 Å². The van der Waals surface area contributed by atoms with Crippen LogP contribution in [0, 0.1) is 0 Å². The molecule has 31 heavy (non-hydrogen) atoms.